The van der Waals surface area contributed by atoms with Crippen molar-refractivity contribution < 1.29 is 14.1 Å². The average Bonchev–Trinajstić information content (AvgIpc) is 2.47. The maximum atomic E-state index is 13.8. The first-order chi connectivity index (χ1) is 8.70. The van der Waals surface area contributed by atoms with Crippen molar-refractivity contribution in [1.29, 1.82) is 0 Å². The number of anilines is 1. The van der Waals surface area contributed by atoms with E-state index < -0.39 is 11.8 Å². The largest absolute Gasteiger partial charge is 0.344 e. The Morgan fingerprint density at radius 2 is 1.78 bits per heavy atom. The fourth-order valence-electron chi connectivity index (χ4n) is 1.76. The van der Waals surface area contributed by atoms with Gasteiger partial charge in [-0.15, -0.1) is 5.12 Å². The Bertz CT molecular complexity index is 432. The number of nitrogens with one attached hydrogen (secondary N) is 1. The Labute approximate surface area is 104 Å². The van der Waals surface area contributed by atoms with E-state index in [0.29, 0.717) is 26.2 Å². The fraction of sp³-hybridized carbons (Fsp3) is 0.333. The molecule has 1 aromatic carbocycles. The van der Waals surface area contributed by atoms with Crippen LogP contribution in [0.3, 0.4) is 0 Å². The number of benzene rings is 1. The highest BCUT2D eigenvalue weighted by Gasteiger charge is 2.29. The van der Waals surface area contributed by atoms with Gasteiger partial charge >= 0.3 is 11.8 Å². The third-order valence-corrected chi connectivity index (χ3v) is 2.75. The summed E-state index contributed by atoms with van der Waals surface area (Å²) < 4.78 is 13.8. The maximum Gasteiger partial charge on any atom is 0.344 e. The molecule has 96 valence electrons. The van der Waals surface area contributed by atoms with Gasteiger partial charge < -0.3 is 10.2 Å². The van der Waals surface area contributed by atoms with Crippen LogP contribution in [0.2, 0.25) is 0 Å². The maximum absolute atomic E-state index is 13.8. The number of hydrogen-bond donors (Lipinski definition) is 1. The van der Waals surface area contributed by atoms with Crippen molar-refractivity contribution in [1.82, 2.24) is 10.2 Å². The molecule has 1 aromatic rings. The lowest BCUT2D eigenvalue weighted by atomic mass is 10.3. The molecule has 0 atom stereocenters. The lowest BCUT2D eigenvalue weighted by Gasteiger charge is -2.27. The van der Waals surface area contributed by atoms with Gasteiger partial charge in [0.15, 0.2) is 0 Å². The van der Waals surface area contributed by atoms with Gasteiger partial charge in [-0.05, 0) is 12.1 Å². The highest BCUT2D eigenvalue weighted by molar-refractivity contribution is 6.39. The molecule has 0 bridgehead atoms. The summed E-state index contributed by atoms with van der Waals surface area (Å²) in [7, 11) is 0. The van der Waals surface area contributed by atoms with Crippen molar-refractivity contribution in [3.8, 4) is 0 Å². The van der Waals surface area contributed by atoms with E-state index in [4.69, 9.17) is 0 Å². The van der Waals surface area contributed by atoms with Gasteiger partial charge in [-0.1, -0.05) is 22.7 Å². The average molecular weight is 251 g/mol. The number of piperazine rings is 1. The summed E-state index contributed by atoms with van der Waals surface area (Å²) >= 11 is 0. The van der Waals surface area contributed by atoms with E-state index in [2.05, 4.69) is 5.32 Å². The van der Waals surface area contributed by atoms with E-state index in [9.17, 15) is 14.1 Å². The molecule has 1 heterocycles. The predicted molar refractivity (Wildman–Crippen MR) is 64.5 cm³/mol. The number of carbonyl (C=O) groups is 2. The molecule has 1 fully saturated rings. The van der Waals surface area contributed by atoms with Gasteiger partial charge in [0, 0.05) is 26.2 Å². The smallest absolute Gasteiger partial charge is 0.332 e. The van der Waals surface area contributed by atoms with Crippen LogP contribution in [0.1, 0.15) is 0 Å². The first kappa shape index (κ1) is 12.5. The van der Waals surface area contributed by atoms with Crippen LogP contribution in [-0.4, -0.2) is 42.9 Å². The zero-order valence-electron chi connectivity index (χ0n) is 9.80. The van der Waals surface area contributed by atoms with Crippen molar-refractivity contribution in [2.24, 2.45) is 0 Å². The molecule has 1 saturated heterocycles. The normalized spacial score (nSPS) is 15.3. The third kappa shape index (κ3) is 2.65. The van der Waals surface area contributed by atoms with Crippen molar-refractivity contribution in [2.75, 3.05) is 31.3 Å². The Hall–Kier alpha value is -1.95. The van der Waals surface area contributed by atoms with Crippen LogP contribution < -0.4 is 10.4 Å². The Morgan fingerprint density at radius 1 is 1.17 bits per heavy atom. The van der Waals surface area contributed by atoms with Gasteiger partial charge in [0.1, 0.15) is 0 Å². The zero-order chi connectivity index (χ0) is 13.0. The first-order valence-corrected chi connectivity index (χ1v) is 5.75. The summed E-state index contributed by atoms with van der Waals surface area (Å²) in [4.78, 5) is 24.8. The van der Waals surface area contributed by atoms with Crippen LogP contribution in [0.4, 0.5) is 10.2 Å². The molecule has 6 heteroatoms. The third-order valence-electron chi connectivity index (χ3n) is 2.75. The second-order valence-corrected chi connectivity index (χ2v) is 3.96. The first-order valence-electron chi connectivity index (χ1n) is 5.75. The lowest BCUT2D eigenvalue weighted by molar-refractivity contribution is -0.146. The molecule has 2 amide bonds. The molecule has 5 nitrogen and oxygen atoms in total. The second-order valence-electron chi connectivity index (χ2n) is 3.96. The van der Waals surface area contributed by atoms with Crippen LogP contribution in [0.15, 0.2) is 30.3 Å². The van der Waals surface area contributed by atoms with Gasteiger partial charge in [0.2, 0.25) is 0 Å². The molecule has 0 aromatic heterocycles. The van der Waals surface area contributed by atoms with E-state index in [1.165, 1.54) is 17.0 Å². The number of para-hydroxylation sites is 1. The molecular weight excluding hydrogens is 237 g/mol. The number of hydrogen-bond acceptors (Lipinski definition) is 3. The lowest BCUT2D eigenvalue weighted by Crippen LogP contribution is -2.51. The zero-order valence-corrected chi connectivity index (χ0v) is 9.80. The Kier molecular flexibility index (Phi) is 3.88. The summed E-state index contributed by atoms with van der Waals surface area (Å²) in [6, 6.07) is 7.78. The number of carbonyl (C=O) groups excluding carboxylic acids is 2. The van der Waals surface area contributed by atoms with E-state index in [1.54, 1.807) is 18.2 Å². The highest BCUT2D eigenvalue weighted by Crippen LogP contribution is 2.14. The Balaban J connectivity index is 2.04. The second kappa shape index (κ2) is 5.59. The van der Waals surface area contributed by atoms with Crippen LogP contribution >= 0.6 is 0 Å². The molecule has 0 saturated carbocycles. The summed E-state index contributed by atoms with van der Waals surface area (Å²) in [6.07, 6.45) is 0. The van der Waals surface area contributed by atoms with Crippen LogP contribution in [0.25, 0.3) is 0 Å². The predicted octanol–water partition coefficient (Wildman–Crippen LogP) is 0.336. The minimum absolute atomic E-state index is 0.0611. The molecule has 0 radical (unpaired) electrons. The summed E-state index contributed by atoms with van der Waals surface area (Å²) in [6.45, 7) is 2.09. The Morgan fingerprint density at radius 3 is 2.39 bits per heavy atom. The summed E-state index contributed by atoms with van der Waals surface area (Å²) in [5.41, 5.74) is 0.0611. The number of rotatable bonds is 1. The molecule has 1 aliphatic heterocycles. The minimum Gasteiger partial charge on any atom is -0.332 e. The van der Waals surface area contributed by atoms with E-state index in [-0.39, 0.29) is 10.8 Å². The van der Waals surface area contributed by atoms with Crippen molar-refractivity contribution in [2.45, 2.75) is 0 Å². The topological polar surface area (TPSA) is 52.7 Å². The summed E-state index contributed by atoms with van der Waals surface area (Å²) in [5, 5.41) is 2.95. The van der Waals surface area contributed by atoms with Crippen LogP contribution in [0, 0.1) is 0 Å². The van der Waals surface area contributed by atoms with Gasteiger partial charge in [0.25, 0.3) is 0 Å². The van der Waals surface area contributed by atoms with Crippen molar-refractivity contribution >= 4 is 17.5 Å². The molecule has 18 heavy (non-hydrogen) atoms. The quantitative estimate of drug-likeness (QED) is 0.578. The molecule has 0 spiro atoms. The summed E-state index contributed by atoms with van der Waals surface area (Å²) in [5.74, 6) is -1.95. The number of nitrogens with zero attached hydrogens (tertiary/aromatic N) is 2. The van der Waals surface area contributed by atoms with Gasteiger partial charge in [0.05, 0.1) is 5.69 Å². The van der Waals surface area contributed by atoms with Gasteiger partial charge in [-0.3, -0.25) is 9.59 Å². The standard InChI is InChI=1S/C12H14FN3O2/c13-16(10-4-2-1-3-5-10)12(18)11(17)15-8-6-14-7-9-15/h1-5,14H,6-9H2. The molecule has 2 rings (SSSR count). The molecule has 0 unspecified atom stereocenters. The highest BCUT2D eigenvalue weighted by atomic mass is 19.2. The van der Waals surface area contributed by atoms with Crippen LogP contribution in [-0.2, 0) is 9.59 Å². The van der Waals surface area contributed by atoms with E-state index in [1.807, 2.05) is 0 Å². The van der Waals surface area contributed by atoms with Crippen molar-refractivity contribution in [3.63, 3.8) is 0 Å². The molecule has 1 aliphatic rings. The number of amides is 2. The van der Waals surface area contributed by atoms with Crippen molar-refractivity contribution in [3.05, 3.63) is 30.3 Å². The molecule has 0 aliphatic carbocycles. The van der Waals surface area contributed by atoms with Gasteiger partial charge in [-0.25, -0.2) is 0 Å². The number of halogens is 1. The molecular formula is C12H14FN3O2. The molecule has 1 N–H and O–H groups in total. The van der Waals surface area contributed by atoms with E-state index in [0.717, 1.165) is 0 Å². The van der Waals surface area contributed by atoms with Crippen LogP contribution in [0.5, 0.6) is 0 Å². The van der Waals surface area contributed by atoms with E-state index >= 15 is 0 Å². The monoisotopic (exact) mass is 251 g/mol. The van der Waals surface area contributed by atoms with Gasteiger partial charge in [-0.2, -0.15) is 0 Å². The minimum atomic E-state index is -1.15. The SMILES string of the molecule is O=C(C(=O)N(F)c1ccccc1)N1CCNCC1. The fourth-order valence-corrected chi connectivity index (χ4v) is 1.76.